The highest BCUT2D eigenvalue weighted by molar-refractivity contribution is 6.33. The van der Waals surface area contributed by atoms with E-state index in [1.54, 1.807) is 43.5 Å². The molecule has 0 saturated carbocycles. The van der Waals surface area contributed by atoms with Gasteiger partial charge in [-0.1, -0.05) is 47.4 Å². The van der Waals surface area contributed by atoms with Gasteiger partial charge in [0.05, 0.1) is 17.3 Å². The number of rotatable bonds is 7. The second kappa shape index (κ2) is 11.9. The molecule has 7 heteroatoms. The summed E-state index contributed by atoms with van der Waals surface area (Å²) in [5.41, 5.74) is 0.643. The topological polar surface area (TPSA) is 57.6 Å². The molecule has 0 radical (unpaired) electrons. The second-order valence-electron chi connectivity index (χ2n) is 4.87. The fraction of sp³-hybridized carbons (Fsp3) is 0.211. The molecule has 0 fully saturated rings. The van der Waals surface area contributed by atoms with E-state index in [9.17, 15) is 4.79 Å². The summed E-state index contributed by atoms with van der Waals surface area (Å²) < 4.78 is 0. The molecule has 1 aromatic rings. The normalized spacial score (nSPS) is 12.5. The van der Waals surface area contributed by atoms with E-state index < -0.39 is 12.1 Å². The van der Waals surface area contributed by atoms with E-state index in [1.165, 1.54) is 17.4 Å². The van der Waals surface area contributed by atoms with Gasteiger partial charge in [0.1, 0.15) is 6.54 Å². The molecular formula is C19H20Cl2N4O. The number of aromatic nitrogens is 1. The fourth-order valence-electron chi connectivity index (χ4n) is 1.64. The van der Waals surface area contributed by atoms with E-state index in [0.717, 1.165) is 0 Å². The summed E-state index contributed by atoms with van der Waals surface area (Å²) in [6, 6.07) is 0.857. The molecule has 0 bridgehead atoms. The predicted molar refractivity (Wildman–Crippen MR) is 108 cm³/mol. The van der Waals surface area contributed by atoms with Crippen LogP contribution in [0, 0.1) is 11.8 Å². The van der Waals surface area contributed by atoms with Crippen LogP contribution >= 0.6 is 23.2 Å². The highest BCUT2D eigenvalue weighted by Gasteiger charge is 2.13. The Bertz CT molecular complexity index is 775. The smallest absolute Gasteiger partial charge is 0.327 e. The average Bonchev–Trinajstić information content (AvgIpc) is 2.65. The molecule has 2 amide bonds. The van der Waals surface area contributed by atoms with Crippen LogP contribution in [0.2, 0.25) is 5.02 Å². The number of hydrogen-bond donors (Lipinski definition) is 1. The number of nitrogens with zero attached hydrogens (tertiary/aromatic N) is 3. The van der Waals surface area contributed by atoms with Crippen LogP contribution in [0.3, 0.4) is 0 Å². The van der Waals surface area contributed by atoms with Crippen LogP contribution in [0.25, 0.3) is 0 Å². The molecule has 0 aliphatic heterocycles. The zero-order valence-electron chi connectivity index (χ0n) is 14.6. The minimum absolute atomic E-state index is 0.130. The van der Waals surface area contributed by atoms with Crippen molar-refractivity contribution in [3.63, 3.8) is 0 Å². The van der Waals surface area contributed by atoms with Crippen LogP contribution in [-0.2, 0) is 0 Å². The van der Waals surface area contributed by atoms with Gasteiger partial charge >= 0.3 is 6.03 Å². The molecule has 0 aromatic carbocycles. The summed E-state index contributed by atoms with van der Waals surface area (Å²) in [6.45, 7) is 7.34. The number of carbonyl (C=O) groups is 1. The maximum atomic E-state index is 12.5. The number of urea groups is 1. The highest BCUT2D eigenvalue weighted by atomic mass is 35.5. The van der Waals surface area contributed by atoms with Crippen LogP contribution in [0.15, 0.2) is 59.5 Å². The average molecular weight is 391 g/mol. The van der Waals surface area contributed by atoms with Crippen LogP contribution < -0.4 is 5.32 Å². The first-order valence-electron chi connectivity index (χ1n) is 7.75. The molecule has 136 valence electrons. The summed E-state index contributed by atoms with van der Waals surface area (Å²) in [7, 11) is 0. The van der Waals surface area contributed by atoms with Gasteiger partial charge in [0.2, 0.25) is 0 Å². The van der Waals surface area contributed by atoms with Crippen molar-refractivity contribution < 1.29 is 4.79 Å². The van der Waals surface area contributed by atoms with Crippen molar-refractivity contribution >= 4 is 35.4 Å². The molecule has 1 unspecified atom stereocenters. The van der Waals surface area contributed by atoms with Crippen molar-refractivity contribution in [1.82, 2.24) is 15.3 Å². The van der Waals surface area contributed by atoms with Gasteiger partial charge in [-0.05, 0) is 26.0 Å². The lowest BCUT2D eigenvalue weighted by Gasteiger charge is -2.18. The third kappa shape index (κ3) is 7.56. The lowest BCUT2D eigenvalue weighted by Crippen LogP contribution is -2.41. The number of pyridine rings is 1. The van der Waals surface area contributed by atoms with E-state index >= 15 is 0 Å². The first-order valence-corrected chi connectivity index (χ1v) is 8.51. The van der Waals surface area contributed by atoms with Gasteiger partial charge in [0.25, 0.3) is 0 Å². The number of nitrogens with one attached hydrogen (secondary N) is 1. The molecule has 1 aromatic heterocycles. The quantitative estimate of drug-likeness (QED) is 0.247. The number of hydrazone groups is 1. The highest BCUT2D eigenvalue weighted by Crippen LogP contribution is 2.11. The number of carbonyl (C=O) groups excluding carboxylic acids is 1. The minimum atomic E-state index is -0.430. The molecule has 0 saturated heterocycles. The Kier molecular flexibility index (Phi) is 9.85. The minimum Gasteiger partial charge on any atom is -0.327 e. The van der Waals surface area contributed by atoms with Gasteiger partial charge in [0.15, 0.2) is 0 Å². The molecule has 0 spiro atoms. The molecule has 0 aliphatic carbocycles. The number of allylic oxidation sites excluding steroid dienone is 3. The fourth-order valence-corrected chi connectivity index (χ4v) is 1.88. The van der Waals surface area contributed by atoms with E-state index in [-0.39, 0.29) is 6.54 Å². The maximum Gasteiger partial charge on any atom is 0.339 e. The maximum absolute atomic E-state index is 12.5. The largest absolute Gasteiger partial charge is 0.339 e. The molecule has 1 N–H and O–H groups in total. The second-order valence-corrected chi connectivity index (χ2v) is 5.71. The standard InChI is InChI=1S/C19H20Cl2N4O/c1-4-7-12-25(23-13-15-10-11-22-14-18(15)21)19(26)24-17(6-3)9-8-16(20)5-2/h5-6,8-11,13-14,17H,3,12H2,1-2H3,(H,24,26)/b9-8-,16-5+,23-13+. The molecule has 1 rings (SSSR count). The molecule has 1 heterocycles. The van der Waals surface area contributed by atoms with E-state index in [0.29, 0.717) is 15.6 Å². The summed E-state index contributed by atoms with van der Waals surface area (Å²) in [4.78, 5) is 16.4. The zero-order chi connectivity index (χ0) is 19.4. The van der Waals surface area contributed by atoms with E-state index in [2.05, 4.69) is 33.8 Å². The Morgan fingerprint density at radius 2 is 2.35 bits per heavy atom. The van der Waals surface area contributed by atoms with E-state index in [4.69, 9.17) is 23.2 Å². The Labute approximate surface area is 164 Å². The van der Waals surface area contributed by atoms with Gasteiger partial charge in [0, 0.05) is 23.0 Å². The first kappa shape index (κ1) is 21.5. The lowest BCUT2D eigenvalue weighted by atomic mass is 10.2. The molecule has 5 nitrogen and oxygen atoms in total. The van der Waals surface area contributed by atoms with Crippen LogP contribution in [0.5, 0.6) is 0 Å². The third-order valence-corrected chi connectivity index (χ3v) is 3.72. The zero-order valence-corrected chi connectivity index (χ0v) is 16.1. The van der Waals surface area contributed by atoms with Crippen LogP contribution in [0.1, 0.15) is 19.4 Å². The van der Waals surface area contributed by atoms with Crippen molar-refractivity contribution in [2.45, 2.75) is 19.9 Å². The van der Waals surface area contributed by atoms with Gasteiger partial charge in [-0.15, -0.1) is 12.5 Å². The first-order chi connectivity index (χ1) is 12.5. The van der Waals surface area contributed by atoms with Crippen LogP contribution in [0.4, 0.5) is 4.79 Å². The lowest BCUT2D eigenvalue weighted by molar-refractivity contribution is 0.206. The summed E-state index contributed by atoms with van der Waals surface area (Å²) >= 11 is 12.0. The van der Waals surface area contributed by atoms with Crippen molar-refractivity contribution in [3.05, 3.63) is 65.0 Å². The third-order valence-electron chi connectivity index (χ3n) is 3.06. The van der Waals surface area contributed by atoms with Gasteiger partial charge in [-0.2, -0.15) is 5.10 Å². The number of halogens is 2. The monoisotopic (exact) mass is 390 g/mol. The van der Waals surface area contributed by atoms with Crippen molar-refractivity contribution in [3.8, 4) is 11.8 Å². The van der Waals surface area contributed by atoms with Crippen LogP contribution in [-0.4, -0.2) is 34.8 Å². The summed E-state index contributed by atoms with van der Waals surface area (Å²) in [5.74, 6) is 5.55. The number of amides is 2. The SMILES string of the molecule is C=CC(/C=C\C(Cl)=C/C)NC(=O)N(CC#CC)/N=C/c1ccncc1Cl. The Morgan fingerprint density at radius 3 is 2.96 bits per heavy atom. The van der Waals surface area contributed by atoms with Gasteiger partial charge in [-0.25, -0.2) is 9.80 Å². The molecule has 26 heavy (non-hydrogen) atoms. The Hall–Kier alpha value is -2.55. The van der Waals surface area contributed by atoms with Gasteiger partial charge in [-0.3, -0.25) is 4.98 Å². The van der Waals surface area contributed by atoms with E-state index in [1.807, 2.05) is 6.92 Å². The Balaban J connectivity index is 2.91. The van der Waals surface area contributed by atoms with Gasteiger partial charge < -0.3 is 5.32 Å². The predicted octanol–water partition coefficient (Wildman–Crippen LogP) is 4.36. The van der Waals surface area contributed by atoms with Crippen molar-refractivity contribution in [1.29, 1.82) is 0 Å². The van der Waals surface area contributed by atoms with Crippen molar-refractivity contribution in [2.24, 2.45) is 5.10 Å². The summed E-state index contributed by atoms with van der Waals surface area (Å²) in [6.07, 6.45) is 11.3. The summed E-state index contributed by atoms with van der Waals surface area (Å²) in [5, 5.41) is 9.15. The number of hydrogen-bond acceptors (Lipinski definition) is 3. The molecule has 0 aliphatic rings. The van der Waals surface area contributed by atoms with Crippen molar-refractivity contribution in [2.75, 3.05) is 6.54 Å². The Morgan fingerprint density at radius 1 is 1.58 bits per heavy atom. The molecular weight excluding hydrogens is 371 g/mol. The molecule has 1 atom stereocenters.